The fraction of sp³-hybridized carbons (Fsp3) is 0.262. The quantitative estimate of drug-likeness (QED) is 0.160. The molecule has 0 saturated carbocycles. The zero-order valence-electron chi connectivity index (χ0n) is 55.4. The van der Waals surface area contributed by atoms with Gasteiger partial charge in [-0.05, 0) is 256 Å². The van der Waals surface area contributed by atoms with Crippen molar-refractivity contribution in [3.05, 3.63) is 232 Å². The summed E-state index contributed by atoms with van der Waals surface area (Å²) in [5.74, 6) is 1.83. The van der Waals surface area contributed by atoms with Crippen molar-refractivity contribution in [3.8, 4) is 33.8 Å². The van der Waals surface area contributed by atoms with E-state index in [9.17, 15) is 0 Å². The molecule has 0 bridgehead atoms. The van der Waals surface area contributed by atoms with Crippen molar-refractivity contribution in [3.63, 3.8) is 0 Å². The van der Waals surface area contributed by atoms with Gasteiger partial charge in [-0.3, -0.25) is 0 Å². The van der Waals surface area contributed by atoms with Crippen molar-refractivity contribution >= 4 is 118 Å². The first-order valence-electron chi connectivity index (χ1n) is 33.3. The standard InChI is InChI=1S/C84H79B2N3OS/c1-48-36-50(3)75(51(4)37-48)54-40-69-77-70(41-54)88(57-28-30-60-62(44-57)83(11,12)34-32-81(60,7)8)67-26-20-19-25-64(67)85(77)65-46-66-72(47-68(65)87(69)56-22-16-15-17-23-56)90-73-43-55(76-52(5)38-49(2)39-53(76)6)42-71-78(73)86(66)80-79(59-24-18-21-27-74(59)91-80)89(71)58-29-31-61-63(45-58)84(13,14)35-33-82(61,9)10/h15-31,36-47H,32-35H2,1-14H3. The Morgan fingerprint density at radius 3 is 1.46 bits per heavy atom. The molecule has 1 aromatic heterocycles. The van der Waals surface area contributed by atoms with E-state index in [1.165, 1.54) is 173 Å². The first-order chi connectivity index (χ1) is 43.5. The number of hydrogen-bond donors (Lipinski definition) is 0. The molecule has 17 rings (SSSR count). The Bertz CT molecular complexity index is 4940. The number of benzene rings is 10. The molecule has 6 aliphatic rings. The number of rotatable bonds is 5. The minimum Gasteiger partial charge on any atom is -0.458 e. The van der Waals surface area contributed by atoms with Gasteiger partial charge in [-0.1, -0.05) is 164 Å². The minimum atomic E-state index is -0.121. The molecular formula is C84H79B2N3OS. The van der Waals surface area contributed by atoms with Crippen LogP contribution in [0.1, 0.15) is 137 Å². The molecule has 448 valence electrons. The maximum atomic E-state index is 7.86. The van der Waals surface area contributed by atoms with Crippen LogP contribution in [-0.4, -0.2) is 13.4 Å². The molecule has 91 heavy (non-hydrogen) atoms. The van der Waals surface area contributed by atoms with Gasteiger partial charge in [0.15, 0.2) is 0 Å². The van der Waals surface area contributed by atoms with Crippen LogP contribution < -0.4 is 51.5 Å². The lowest BCUT2D eigenvalue weighted by molar-refractivity contribution is 0.332. The number of aryl methyl sites for hydroxylation is 6. The summed E-state index contributed by atoms with van der Waals surface area (Å²) in [7, 11) is 0. The zero-order chi connectivity index (χ0) is 62.7. The van der Waals surface area contributed by atoms with Crippen molar-refractivity contribution in [2.45, 2.75) is 144 Å². The molecule has 11 aromatic rings. The molecule has 0 atom stereocenters. The van der Waals surface area contributed by atoms with E-state index in [0.717, 1.165) is 35.7 Å². The summed E-state index contributed by atoms with van der Waals surface area (Å²) < 4.78 is 10.5. The van der Waals surface area contributed by atoms with E-state index in [1.807, 2.05) is 11.3 Å². The molecule has 0 amide bonds. The molecule has 0 unspecified atom stereocenters. The van der Waals surface area contributed by atoms with Crippen LogP contribution in [-0.2, 0) is 21.7 Å². The first-order valence-corrected chi connectivity index (χ1v) is 34.1. The van der Waals surface area contributed by atoms with Crippen LogP contribution in [0.5, 0.6) is 11.5 Å². The Balaban J connectivity index is 0.958. The number of fused-ring (bicyclic) bond motifs is 12. The maximum absolute atomic E-state index is 7.86. The third-order valence-corrected chi connectivity index (χ3v) is 23.7. The van der Waals surface area contributed by atoms with Gasteiger partial charge in [0.2, 0.25) is 0 Å². The third kappa shape index (κ3) is 8.27. The zero-order valence-corrected chi connectivity index (χ0v) is 56.2. The monoisotopic (exact) mass is 1200 g/mol. The molecule has 4 aliphatic heterocycles. The number of nitrogens with zero attached hydrogens (tertiary/aromatic N) is 3. The van der Waals surface area contributed by atoms with Crippen molar-refractivity contribution in [1.82, 2.24) is 0 Å². The second kappa shape index (κ2) is 19.5. The average Bonchev–Trinajstić information content (AvgIpc) is 1.55. The second-order valence-electron chi connectivity index (χ2n) is 30.5. The van der Waals surface area contributed by atoms with Gasteiger partial charge >= 0.3 is 0 Å². The van der Waals surface area contributed by atoms with Crippen molar-refractivity contribution in [2.24, 2.45) is 0 Å². The predicted octanol–water partition coefficient (Wildman–Crippen LogP) is 19.3. The molecule has 7 heteroatoms. The Morgan fingerprint density at radius 2 is 0.868 bits per heavy atom. The summed E-state index contributed by atoms with van der Waals surface area (Å²) in [4.78, 5) is 7.88. The molecule has 0 N–H and O–H groups in total. The molecular weight excluding hydrogens is 1120 g/mol. The van der Waals surface area contributed by atoms with Gasteiger partial charge in [0.1, 0.15) is 11.5 Å². The SMILES string of the molecule is Cc1cc(C)c(-c2cc3c4c(c2)N(c2ccc5c(c2)C(C)(C)CCC5(C)C)c2c(sc5ccccc25)B4c2cc4c(cc2O3)N(c2ccccc2)c2cc(-c3c(C)cc(C)cc3C)cc3c2B4c2ccccc2N3c2ccc3c(c2)C(C)(C)CCC3(C)C)c(C)c1. The van der Waals surface area contributed by atoms with Crippen LogP contribution in [0.3, 0.4) is 0 Å². The molecule has 0 radical (unpaired) electrons. The van der Waals surface area contributed by atoms with Crippen molar-refractivity contribution in [2.75, 3.05) is 14.7 Å². The lowest BCUT2D eigenvalue weighted by Gasteiger charge is -2.46. The lowest BCUT2D eigenvalue weighted by Crippen LogP contribution is -2.64. The van der Waals surface area contributed by atoms with Crippen LogP contribution in [0.4, 0.5) is 51.2 Å². The second-order valence-corrected chi connectivity index (χ2v) is 31.6. The molecule has 0 fully saturated rings. The highest BCUT2D eigenvalue weighted by Gasteiger charge is 2.50. The van der Waals surface area contributed by atoms with Gasteiger partial charge in [-0.2, -0.15) is 0 Å². The fourth-order valence-corrected chi connectivity index (χ4v) is 19.3. The Hall–Kier alpha value is -8.51. The van der Waals surface area contributed by atoms with Gasteiger partial charge in [0.25, 0.3) is 13.4 Å². The largest absolute Gasteiger partial charge is 0.458 e. The molecule has 10 aromatic carbocycles. The number of thiophene rings is 1. The van der Waals surface area contributed by atoms with Crippen molar-refractivity contribution in [1.29, 1.82) is 0 Å². The van der Waals surface area contributed by atoms with E-state index in [4.69, 9.17) is 4.74 Å². The molecule has 5 heterocycles. The van der Waals surface area contributed by atoms with Gasteiger partial charge in [0.05, 0.1) is 5.69 Å². The maximum Gasteiger partial charge on any atom is 0.268 e. The molecule has 2 aliphatic carbocycles. The number of hydrogen-bond acceptors (Lipinski definition) is 5. The normalized spacial score (nSPS) is 17.1. The topological polar surface area (TPSA) is 19.0 Å². The summed E-state index contributed by atoms with van der Waals surface area (Å²) in [6.07, 6.45) is 4.63. The molecule has 0 saturated heterocycles. The van der Waals surface area contributed by atoms with Crippen LogP contribution in [0.15, 0.2) is 176 Å². The average molecular weight is 1200 g/mol. The van der Waals surface area contributed by atoms with Gasteiger partial charge in [-0.15, -0.1) is 11.3 Å². The summed E-state index contributed by atoms with van der Waals surface area (Å²) >= 11 is 1.96. The van der Waals surface area contributed by atoms with Crippen molar-refractivity contribution < 1.29 is 4.74 Å². The summed E-state index contributed by atoms with van der Waals surface area (Å²) in [5.41, 5.74) is 35.8. The van der Waals surface area contributed by atoms with Gasteiger partial charge < -0.3 is 19.4 Å². The highest BCUT2D eigenvalue weighted by atomic mass is 32.1. The Kier molecular flexibility index (Phi) is 12.1. The molecule has 4 nitrogen and oxygen atoms in total. The fourth-order valence-electron chi connectivity index (χ4n) is 18.0. The van der Waals surface area contributed by atoms with E-state index >= 15 is 0 Å². The third-order valence-electron chi connectivity index (χ3n) is 22.5. The lowest BCUT2D eigenvalue weighted by atomic mass is 9.31. The summed E-state index contributed by atoms with van der Waals surface area (Å²) in [6, 6.07) is 69.1. The van der Waals surface area contributed by atoms with E-state index in [-0.39, 0.29) is 35.1 Å². The minimum absolute atomic E-state index is 0.0208. The summed E-state index contributed by atoms with van der Waals surface area (Å²) in [5, 5.41) is 1.28. The van der Waals surface area contributed by atoms with E-state index < -0.39 is 0 Å². The highest BCUT2D eigenvalue weighted by molar-refractivity contribution is 7.33. The Morgan fingerprint density at radius 1 is 0.374 bits per heavy atom. The van der Waals surface area contributed by atoms with E-state index in [0.29, 0.717) is 0 Å². The number of ether oxygens (including phenoxy) is 1. The highest BCUT2D eigenvalue weighted by Crippen LogP contribution is 2.55. The summed E-state index contributed by atoms with van der Waals surface area (Å²) in [6.45, 7) is 33.0. The number of para-hydroxylation sites is 2. The van der Waals surface area contributed by atoms with Crippen LogP contribution in [0, 0.1) is 41.5 Å². The van der Waals surface area contributed by atoms with Crippen LogP contribution >= 0.6 is 11.3 Å². The van der Waals surface area contributed by atoms with Crippen LogP contribution in [0.2, 0.25) is 0 Å². The van der Waals surface area contributed by atoms with Gasteiger partial charge in [-0.25, -0.2) is 0 Å². The smallest absolute Gasteiger partial charge is 0.268 e. The van der Waals surface area contributed by atoms with Crippen LogP contribution in [0.25, 0.3) is 32.3 Å². The van der Waals surface area contributed by atoms with Gasteiger partial charge in [0, 0.05) is 66.4 Å². The number of anilines is 9. The van der Waals surface area contributed by atoms with E-state index in [1.54, 1.807) is 0 Å². The Labute approximate surface area is 543 Å². The predicted molar refractivity (Wildman–Crippen MR) is 392 cm³/mol. The first kappa shape index (κ1) is 56.5. The molecule has 0 spiro atoms. The van der Waals surface area contributed by atoms with E-state index in [2.05, 4.69) is 288 Å².